The predicted molar refractivity (Wildman–Crippen MR) is 212 cm³/mol. The Labute approximate surface area is 290 Å². The highest BCUT2D eigenvalue weighted by atomic mass is 16.3. The molecule has 1 aromatic heterocycles. The van der Waals surface area contributed by atoms with E-state index in [1.807, 2.05) is 0 Å². The molecule has 11 rings (SSSR count). The smallest absolute Gasteiger partial charge is 0.143 e. The summed E-state index contributed by atoms with van der Waals surface area (Å²) in [7, 11) is 0. The third-order valence-corrected chi connectivity index (χ3v) is 11.4. The molecule has 1 heterocycles. The number of benzene rings is 9. The topological polar surface area (TPSA) is 13.1 Å². The lowest BCUT2D eigenvalue weighted by molar-refractivity contribution is 0.661. The molecular formula is C49H32O. The van der Waals surface area contributed by atoms with Crippen LogP contribution in [0.1, 0.15) is 25.0 Å². The zero-order valence-electron chi connectivity index (χ0n) is 27.9. The first-order valence-corrected chi connectivity index (χ1v) is 17.5. The lowest BCUT2D eigenvalue weighted by Crippen LogP contribution is -2.15. The molecular weight excluding hydrogens is 605 g/mol. The molecule has 0 spiro atoms. The van der Waals surface area contributed by atoms with E-state index in [1.165, 1.54) is 82.2 Å². The number of hydrogen-bond acceptors (Lipinski definition) is 1. The van der Waals surface area contributed by atoms with Gasteiger partial charge in [-0.25, -0.2) is 0 Å². The lowest BCUT2D eigenvalue weighted by atomic mass is 9.80. The largest absolute Gasteiger partial charge is 0.455 e. The second-order valence-corrected chi connectivity index (χ2v) is 14.4. The SMILES string of the molecule is CC1(C)c2cc(-c3c4ccccc4c(-c4ccc5oc6c7ccccc7ccc6c5c4)c4ccccc34)ccc2-c2c1ccc1ccccc21. The minimum Gasteiger partial charge on any atom is -0.455 e. The molecule has 1 aliphatic rings. The van der Waals surface area contributed by atoms with E-state index in [9.17, 15) is 0 Å². The van der Waals surface area contributed by atoms with Crippen LogP contribution in [0.2, 0.25) is 0 Å². The number of fused-ring (bicyclic) bond motifs is 12. The van der Waals surface area contributed by atoms with Crippen molar-refractivity contribution in [1.82, 2.24) is 0 Å². The Kier molecular flexibility index (Phi) is 5.51. The third-order valence-electron chi connectivity index (χ3n) is 11.4. The van der Waals surface area contributed by atoms with Gasteiger partial charge >= 0.3 is 0 Å². The van der Waals surface area contributed by atoms with Crippen LogP contribution in [0.15, 0.2) is 162 Å². The van der Waals surface area contributed by atoms with Crippen LogP contribution in [-0.4, -0.2) is 0 Å². The molecule has 50 heavy (non-hydrogen) atoms. The second kappa shape index (κ2) is 9.94. The Morgan fingerprint density at radius 1 is 0.380 bits per heavy atom. The van der Waals surface area contributed by atoms with E-state index >= 15 is 0 Å². The van der Waals surface area contributed by atoms with E-state index in [0.29, 0.717) is 0 Å². The Bertz CT molecular complexity index is 3010. The fourth-order valence-corrected chi connectivity index (χ4v) is 9.07. The highest BCUT2D eigenvalue weighted by Crippen LogP contribution is 2.53. The van der Waals surface area contributed by atoms with Gasteiger partial charge in [-0.1, -0.05) is 147 Å². The molecule has 1 heteroatoms. The molecule has 0 saturated carbocycles. The zero-order valence-corrected chi connectivity index (χ0v) is 27.9. The van der Waals surface area contributed by atoms with Gasteiger partial charge in [0.1, 0.15) is 11.2 Å². The molecule has 0 atom stereocenters. The molecule has 10 aromatic rings. The molecule has 0 fully saturated rings. The van der Waals surface area contributed by atoms with Gasteiger partial charge in [0.15, 0.2) is 0 Å². The Hall–Kier alpha value is -6.18. The average molecular weight is 637 g/mol. The minimum atomic E-state index is -0.107. The van der Waals surface area contributed by atoms with Crippen molar-refractivity contribution in [3.63, 3.8) is 0 Å². The van der Waals surface area contributed by atoms with Gasteiger partial charge in [0, 0.05) is 21.6 Å². The van der Waals surface area contributed by atoms with Crippen LogP contribution in [0, 0.1) is 0 Å². The van der Waals surface area contributed by atoms with Crippen LogP contribution in [0.25, 0.3) is 98.4 Å². The molecule has 0 aliphatic heterocycles. The fraction of sp³-hybridized carbons (Fsp3) is 0.0612. The van der Waals surface area contributed by atoms with E-state index in [0.717, 1.165) is 27.3 Å². The summed E-state index contributed by atoms with van der Waals surface area (Å²) in [5, 5.41) is 12.3. The third kappa shape index (κ3) is 3.67. The van der Waals surface area contributed by atoms with Crippen LogP contribution in [0.4, 0.5) is 0 Å². The molecule has 1 aliphatic carbocycles. The quantitative estimate of drug-likeness (QED) is 0.172. The van der Waals surface area contributed by atoms with Gasteiger partial charge in [-0.3, -0.25) is 0 Å². The van der Waals surface area contributed by atoms with Crippen LogP contribution >= 0.6 is 0 Å². The summed E-state index contributed by atoms with van der Waals surface area (Å²) in [6.07, 6.45) is 0. The normalized spacial score (nSPS) is 13.6. The monoisotopic (exact) mass is 636 g/mol. The molecule has 0 N–H and O–H groups in total. The van der Waals surface area contributed by atoms with Gasteiger partial charge in [-0.05, 0) is 106 Å². The van der Waals surface area contributed by atoms with Crippen molar-refractivity contribution >= 4 is 65.0 Å². The summed E-state index contributed by atoms with van der Waals surface area (Å²) in [6.45, 7) is 4.77. The van der Waals surface area contributed by atoms with Crippen molar-refractivity contribution < 1.29 is 4.42 Å². The fourth-order valence-electron chi connectivity index (χ4n) is 9.07. The van der Waals surface area contributed by atoms with Gasteiger partial charge in [-0.2, -0.15) is 0 Å². The molecule has 9 aromatic carbocycles. The molecule has 0 radical (unpaired) electrons. The summed E-state index contributed by atoms with van der Waals surface area (Å²) >= 11 is 0. The summed E-state index contributed by atoms with van der Waals surface area (Å²) in [5.74, 6) is 0. The second-order valence-electron chi connectivity index (χ2n) is 14.4. The zero-order chi connectivity index (χ0) is 33.1. The van der Waals surface area contributed by atoms with E-state index in [-0.39, 0.29) is 5.41 Å². The van der Waals surface area contributed by atoms with Crippen molar-refractivity contribution in [2.24, 2.45) is 0 Å². The van der Waals surface area contributed by atoms with Crippen LogP contribution in [0.5, 0.6) is 0 Å². The standard InChI is InChI=1S/C49H32O/c1-49(2)42-25-21-29-11-3-5-13-33(29)47(42)40-24-20-32(28-43(40)49)46-37-17-9-7-15-35(37)45(36-16-8-10-18-38(36)46)31-22-26-44-41(27-31)39-23-19-30-12-4-6-14-34(30)48(39)50-44/h3-28H,1-2H3. The van der Waals surface area contributed by atoms with Gasteiger partial charge in [0.2, 0.25) is 0 Å². The highest BCUT2D eigenvalue weighted by molar-refractivity contribution is 6.23. The highest BCUT2D eigenvalue weighted by Gasteiger charge is 2.36. The average Bonchev–Trinajstić information content (AvgIpc) is 3.65. The van der Waals surface area contributed by atoms with Crippen LogP contribution < -0.4 is 0 Å². The van der Waals surface area contributed by atoms with Crippen molar-refractivity contribution in [2.75, 3.05) is 0 Å². The molecule has 1 nitrogen and oxygen atoms in total. The van der Waals surface area contributed by atoms with Crippen molar-refractivity contribution in [2.45, 2.75) is 19.3 Å². The molecule has 0 bridgehead atoms. The summed E-state index contributed by atoms with van der Waals surface area (Å²) in [4.78, 5) is 0. The Balaban J connectivity index is 1.16. The summed E-state index contributed by atoms with van der Waals surface area (Å²) in [5.41, 5.74) is 12.3. The maximum Gasteiger partial charge on any atom is 0.143 e. The molecule has 234 valence electrons. The maximum absolute atomic E-state index is 6.51. The summed E-state index contributed by atoms with van der Waals surface area (Å²) < 4.78 is 6.51. The molecule has 0 amide bonds. The first-order valence-electron chi connectivity index (χ1n) is 17.5. The number of hydrogen-bond donors (Lipinski definition) is 0. The van der Waals surface area contributed by atoms with E-state index in [2.05, 4.69) is 172 Å². The maximum atomic E-state index is 6.51. The van der Waals surface area contributed by atoms with E-state index in [1.54, 1.807) is 0 Å². The van der Waals surface area contributed by atoms with Crippen LogP contribution in [0.3, 0.4) is 0 Å². The van der Waals surface area contributed by atoms with Crippen LogP contribution in [-0.2, 0) is 5.41 Å². The van der Waals surface area contributed by atoms with Crippen molar-refractivity contribution in [3.8, 4) is 33.4 Å². The van der Waals surface area contributed by atoms with E-state index < -0.39 is 0 Å². The minimum absolute atomic E-state index is 0.107. The van der Waals surface area contributed by atoms with E-state index in [4.69, 9.17) is 4.42 Å². The molecule has 0 unspecified atom stereocenters. The van der Waals surface area contributed by atoms with Crippen molar-refractivity contribution in [3.05, 3.63) is 169 Å². The first kappa shape index (κ1) is 27.7. The Morgan fingerprint density at radius 2 is 0.920 bits per heavy atom. The van der Waals surface area contributed by atoms with Crippen molar-refractivity contribution in [1.29, 1.82) is 0 Å². The molecule has 0 saturated heterocycles. The van der Waals surface area contributed by atoms with Gasteiger partial charge < -0.3 is 4.42 Å². The summed E-state index contributed by atoms with van der Waals surface area (Å²) in [6, 6.07) is 58.2. The Morgan fingerprint density at radius 3 is 1.60 bits per heavy atom. The number of rotatable bonds is 2. The number of furan rings is 1. The van der Waals surface area contributed by atoms with Gasteiger partial charge in [-0.15, -0.1) is 0 Å². The lowest BCUT2D eigenvalue weighted by Gasteiger charge is -2.23. The van der Waals surface area contributed by atoms with Gasteiger partial charge in [0.25, 0.3) is 0 Å². The van der Waals surface area contributed by atoms with Gasteiger partial charge in [0.05, 0.1) is 0 Å². The predicted octanol–water partition coefficient (Wildman–Crippen LogP) is 13.8. The first-order chi connectivity index (χ1) is 24.6.